The highest BCUT2D eigenvalue weighted by Gasteiger charge is 2.10. The lowest BCUT2D eigenvalue weighted by Crippen LogP contribution is -2.18. The Bertz CT molecular complexity index is 644. The minimum Gasteiger partial charge on any atom is -0.493 e. The summed E-state index contributed by atoms with van der Waals surface area (Å²) in [4.78, 5) is 0. The van der Waals surface area contributed by atoms with Crippen LogP contribution in [-0.4, -0.2) is 27.4 Å². The van der Waals surface area contributed by atoms with Crippen LogP contribution >= 0.6 is 23.2 Å². The van der Waals surface area contributed by atoms with Gasteiger partial charge >= 0.3 is 0 Å². The van der Waals surface area contributed by atoms with Crippen molar-refractivity contribution in [2.75, 3.05) is 27.4 Å². The summed E-state index contributed by atoms with van der Waals surface area (Å²) in [5, 5.41) is 4.46. The summed E-state index contributed by atoms with van der Waals surface area (Å²) < 4.78 is 16.3. The van der Waals surface area contributed by atoms with E-state index in [1.165, 1.54) is 0 Å². The Hall–Kier alpha value is -1.46. The molecule has 0 spiro atoms. The molecule has 2 aromatic carbocycles. The lowest BCUT2D eigenvalue weighted by Gasteiger charge is -2.14. The molecule has 0 aliphatic carbocycles. The van der Waals surface area contributed by atoms with Gasteiger partial charge in [-0.2, -0.15) is 0 Å². The zero-order valence-corrected chi connectivity index (χ0v) is 15.3. The Morgan fingerprint density at radius 3 is 2.42 bits per heavy atom. The molecule has 4 nitrogen and oxygen atoms in total. The minimum absolute atomic E-state index is 0.278. The van der Waals surface area contributed by atoms with E-state index < -0.39 is 0 Å². The molecule has 0 heterocycles. The Balaban J connectivity index is 2.02. The summed E-state index contributed by atoms with van der Waals surface area (Å²) in [6.45, 7) is 2.48. The van der Waals surface area contributed by atoms with E-state index in [4.69, 9.17) is 37.4 Å². The standard InChI is InChI=1S/C18H21Cl2NO3/c1-22-9-8-21-11-13-6-7-17(18(10-13)23-2)24-12-14-15(19)4-3-5-16(14)20/h3-7,10,21H,8-9,11-12H2,1-2H3. The van der Waals surface area contributed by atoms with E-state index in [-0.39, 0.29) is 6.61 Å². The summed E-state index contributed by atoms with van der Waals surface area (Å²) in [6, 6.07) is 11.2. The molecule has 0 saturated carbocycles. The first-order valence-corrected chi connectivity index (χ1v) is 8.33. The molecule has 0 amide bonds. The van der Waals surface area contributed by atoms with E-state index >= 15 is 0 Å². The average Bonchev–Trinajstić information content (AvgIpc) is 2.59. The topological polar surface area (TPSA) is 39.7 Å². The number of nitrogens with one attached hydrogen (secondary N) is 1. The van der Waals surface area contributed by atoms with Gasteiger partial charge in [0.25, 0.3) is 0 Å². The number of hydrogen-bond donors (Lipinski definition) is 1. The van der Waals surface area contributed by atoms with E-state index in [1.807, 2.05) is 18.2 Å². The molecule has 0 atom stereocenters. The largest absolute Gasteiger partial charge is 0.493 e. The fraction of sp³-hybridized carbons (Fsp3) is 0.333. The van der Waals surface area contributed by atoms with Gasteiger partial charge in [0.05, 0.1) is 13.7 Å². The van der Waals surface area contributed by atoms with Crippen molar-refractivity contribution in [1.29, 1.82) is 0 Å². The summed E-state index contributed by atoms with van der Waals surface area (Å²) in [6.07, 6.45) is 0. The van der Waals surface area contributed by atoms with Crippen LogP contribution in [0.2, 0.25) is 10.0 Å². The first-order chi connectivity index (χ1) is 11.7. The molecule has 24 heavy (non-hydrogen) atoms. The molecule has 1 N–H and O–H groups in total. The van der Waals surface area contributed by atoms with Crippen molar-refractivity contribution in [2.24, 2.45) is 0 Å². The monoisotopic (exact) mass is 369 g/mol. The average molecular weight is 370 g/mol. The van der Waals surface area contributed by atoms with Gasteiger partial charge in [0.2, 0.25) is 0 Å². The molecule has 0 aromatic heterocycles. The first-order valence-electron chi connectivity index (χ1n) is 7.58. The van der Waals surface area contributed by atoms with E-state index in [2.05, 4.69) is 5.32 Å². The zero-order valence-electron chi connectivity index (χ0n) is 13.8. The molecule has 0 saturated heterocycles. The van der Waals surface area contributed by atoms with Gasteiger partial charge in [-0.3, -0.25) is 0 Å². The molecule has 0 fully saturated rings. The van der Waals surface area contributed by atoms with Crippen LogP contribution in [0.4, 0.5) is 0 Å². The van der Waals surface area contributed by atoms with Crippen molar-refractivity contribution < 1.29 is 14.2 Å². The molecule has 130 valence electrons. The first kappa shape index (κ1) is 18.9. The van der Waals surface area contributed by atoms with Gasteiger partial charge in [-0.05, 0) is 29.8 Å². The lowest BCUT2D eigenvalue weighted by atomic mass is 10.2. The third-order valence-corrected chi connectivity index (χ3v) is 4.18. The highest BCUT2D eigenvalue weighted by atomic mass is 35.5. The number of benzene rings is 2. The molecule has 2 aromatic rings. The second-order valence-electron chi connectivity index (χ2n) is 5.14. The Morgan fingerprint density at radius 1 is 1.00 bits per heavy atom. The molecule has 6 heteroatoms. The van der Waals surface area contributed by atoms with Crippen LogP contribution in [0.3, 0.4) is 0 Å². The van der Waals surface area contributed by atoms with Crippen LogP contribution in [0.25, 0.3) is 0 Å². The van der Waals surface area contributed by atoms with Crippen molar-refractivity contribution in [3.05, 3.63) is 57.6 Å². The molecule has 2 rings (SSSR count). The Morgan fingerprint density at radius 2 is 1.75 bits per heavy atom. The van der Waals surface area contributed by atoms with Gasteiger partial charge < -0.3 is 19.5 Å². The Kier molecular flexibility index (Phi) is 7.66. The minimum atomic E-state index is 0.278. The third kappa shape index (κ3) is 5.28. The fourth-order valence-corrected chi connectivity index (χ4v) is 2.67. The molecular formula is C18H21Cl2NO3. The number of ether oxygens (including phenoxy) is 3. The van der Waals surface area contributed by atoms with Crippen molar-refractivity contribution in [3.63, 3.8) is 0 Å². The van der Waals surface area contributed by atoms with Gasteiger partial charge in [0, 0.05) is 35.8 Å². The van der Waals surface area contributed by atoms with Crippen LogP contribution in [-0.2, 0) is 17.9 Å². The molecule has 0 radical (unpaired) electrons. The van der Waals surface area contributed by atoms with Crippen LogP contribution in [0, 0.1) is 0 Å². The highest BCUT2D eigenvalue weighted by molar-refractivity contribution is 6.35. The summed E-state index contributed by atoms with van der Waals surface area (Å²) >= 11 is 12.3. The van der Waals surface area contributed by atoms with Crippen molar-refractivity contribution in [1.82, 2.24) is 5.32 Å². The van der Waals surface area contributed by atoms with E-state index in [9.17, 15) is 0 Å². The summed E-state index contributed by atoms with van der Waals surface area (Å²) in [5.74, 6) is 1.32. The quantitative estimate of drug-likeness (QED) is 0.668. The van der Waals surface area contributed by atoms with Gasteiger partial charge in [0.1, 0.15) is 6.61 Å². The molecule has 0 bridgehead atoms. The number of hydrogen-bond acceptors (Lipinski definition) is 4. The highest BCUT2D eigenvalue weighted by Crippen LogP contribution is 2.31. The zero-order chi connectivity index (χ0) is 17.4. The van der Waals surface area contributed by atoms with E-state index in [1.54, 1.807) is 32.4 Å². The summed E-state index contributed by atoms with van der Waals surface area (Å²) in [7, 11) is 3.30. The van der Waals surface area contributed by atoms with Gasteiger partial charge in [-0.15, -0.1) is 0 Å². The fourth-order valence-electron chi connectivity index (χ4n) is 2.17. The number of methoxy groups -OCH3 is 2. The molecule has 0 aliphatic rings. The number of halogens is 2. The SMILES string of the molecule is COCCNCc1ccc(OCc2c(Cl)cccc2Cl)c(OC)c1. The van der Waals surface area contributed by atoms with Crippen molar-refractivity contribution >= 4 is 23.2 Å². The van der Waals surface area contributed by atoms with Crippen LogP contribution in [0.5, 0.6) is 11.5 Å². The van der Waals surface area contributed by atoms with Gasteiger partial charge in [-0.1, -0.05) is 35.3 Å². The molecule has 0 aliphatic heterocycles. The third-order valence-electron chi connectivity index (χ3n) is 3.47. The molecular weight excluding hydrogens is 349 g/mol. The second kappa shape index (κ2) is 9.74. The Labute approximate surface area is 152 Å². The van der Waals surface area contributed by atoms with Crippen molar-refractivity contribution in [2.45, 2.75) is 13.2 Å². The van der Waals surface area contributed by atoms with Gasteiger partial charge in [0.15, 0.2) is 11.5 Å². The molecule has 0 unspecified atom stereocenters. The summed E-state index contributed by atoms with van der Waals surface area (Å²) in [5.41, 5.74) is 1.86. The van der Waals surface area contributed by atoms with Crippen molar-refractivity contribution in [3.8, 4) is 11.5 Å². The normalized spacial score (nSPS) is 10.7. The van der Waals surface area contributed by atoms with Crippen LogP contribution in [0.15, 0.2) is 36.4 Å². The maximum atomic E-state index is 6.16. The van der Waals surface area contributed by atoms with Crippen LogP contribution in [0.1, 0.15) is 11.1 Å². The lowest BCUT2D eigenvalue weighted by molar-refractivity contribution is 0.199. The van der Waals surface area contributed by atoms with Crippen LogP contribution < -0.4 is 14.8 Å². The number of rotatable bonds is 9. The maximum absolute atomic E-state index is 6.16. The second-order valence-corrected chi connectivity index (χ2v) is 5.96. The van der Waals surface area contributed by atoms with E-state index in [0.717, 1.165) is 24.2 Å². The predicted octanol–water partition coefficient (Wildman–Crippen LogP) is 4.32. The maximum Gasteiger partial charge on any atom is 0.161 e. The van der Waals surface area contributed by atoms with Gasteiger partial charge in [-0.25, -0.2) is 0 Å². The smallest absolute Gasteiger partial charge is 0.161 e. The van der Waals surface area contributed by atoms with E-state index in [0.29, 0.717) is 28.2 Å². The predicted molar refractivity (Wildman–Crippen MR) is 97.4 cm³/mol.